The second kappa shape index (κ2) is 5.96. The van der Waals surface area contributed by atoms with Crippen LogP contribution >= 0.6 is 0 Å². The minimum atomic E-state index is -0.107. The Labute approximate surface area is 139 Å². The van der Waals surface area contributed by atoms with Crippen molar-refractivity contribution in [3.63, 3.8) is 0 Å². The molecule has 3 aromatic rings. The van der Waals surface area contributed by atoms with Crippen LogP contribution < -0.4 is 10.1 Å². The van der Waals surface area contributed by atoms with Gasteiger partial charge in [-0.3, -0.25) is 9.20 Å². The highest BCUT2D eigenvalue weighted by Crippen LogP contribution is 2.23. The predicted octanol–water partition coefficient (Wildman–Crippen LogP) is 2.16. The van der Waals surface area contributed by atoms with E-state index in [9.17, 15) is 4.79 Å². The summed E-state index contributed by atoms with van der Waals surface area (Å²) in [7, 11) is 0. The molecule has 1 aromatic carbocycles. The molecule has 3 heterocycles. The summed E-state index contributed by atoms with van der Waals surface area (Å²) in [4.78, 5) is 12.6. The van der Waals surface area contributed by atoms with Gasteiger partial charge < -0.3 is 10.1 Å². The fourth-order valence-corrected chi connectivity index (χ4v) is 2.98. The van der Waals surface area contributed by atoms with E-state index < -0.39 is 0 Å². The molecule has 6 nitrogen and oxygen atoms in total. The highest BCUT2D eigenvalue weighted by atomic mass is 16.5. The fraction of sp³-hybridized carbons (Fsp3) is 0.278. The van der Waals surface area contributed by atoms with Crippen LogP contribution in [0.25, 0.3) is 5.65 Å². The molecule has 1 N–H and O–H groups in total. The van der Waals surface area contributed by atoms with E-state index in [1.807, 2.05) is 29.5 Å². The van der Waals surface area contributed by atoms with Crippen molar-refractivity contribution in [3.8, 4) is 5.75 Å². The number of pyridine rings is 1. The van der Waals surface area contributed by atoms with E-state index in [1.54, 1.807) is 18.3 Å². The van der Waals surface area contributed by atoms with Gasteiger partial charge in [-0.15, -0.1) is 10.2 Å². The third kappa shape index (κ3) is 2.71. The summed E-state index contributed by atoms with van der Waals surface area (Å²) in [5.41, 5.74) is 2.51. The van der Waals surface area contributed by atoms with Crippen LogP contribution in [0.2, 0.25) is 0 Å². The predicted molar refractivity (Wildman–Crippen MR) is 89.2 cm³/mol. The van der Waals surface area contributed by atoms with Crippen molar-refractivity contribution in [3.05, 3.63) is 59.5 Å². The molecule has 0 saturated heterocycles. The van der Waals surface area contributed by atoms with Gasteiger partial charge in [-0.05, 0) is 43.5 Å². The lowest BCUT2D eigenvalue weighted by atomic mass is 10.1. The number of carbonyl (C=O) groups is 1. The van der Waals surface area contributed by atoms with E-state index in [0.717, 1.165) is 30.1 Å². The summed E-state index contributed by atoms with van der Waals surface area (Å²) in [6, 6.07) is 11.6. The first-order chi connectivity index (χ1) is 11.7. The molecule has 122 valence electrons. The zero-order valence-electron chi connectivity index (χ0n) is 13.4. The van der Waals surface area contributed by atoms with Crippen molar-refractivity contribution < 1.29 is 9.53 Å². The summed E-state index contributed by atoms with van der Waals surface area (Å²) in [5.74, 6) is 1.56. The van der Waals surface area contributed by atoms with E-state index in [0.29, 0.717) is 12.2 Å². The minimum Gasteiger partial charge on any atom is -0.491 e. The Morgan fingerprint density at radius 3 is 3.04 bits per heavy atom. The van der Waals surface area contributed by atoms with Crippen LogP contribution in [-0.4, -0.2) is 33.2 Å². The van der Waals surface area contributed by atoms with Gasteiger partial charge in [0, 0.05) is 6.20 Å². The summed E-state index contributed by atoms with van der Waals surface area (Å²) < 4.78 is 7.65. The number of rotatable bonds is 2. The molecule has 1 aliphatic rings. The van der Waals surface area contributed by atoms with Crippen molar-refractivity contribution in [2.24, 2.45) is 0 Å². The fourth-order valence-electron chi connectivity index (χ4n) is 2.98. The second-order valence-corrected chi connectivity index (χ2v) is 6.02. The summed E-state index contributed by atoms with van der Waals surface area (Å²) >= 11 is 0. The molecule has 4 rings (SSSR count). The lowest BCUT2D eigenvalue weighted by Crippen LogP contribution is -2.38. The van der Waals surface area contributed by atoms with Gasteiger partial charge in [0.2, 0.25) is 0 Å². The molecule has 0 saturated carbocycles. The smallest absolute Gasteiger partial charge is 0.253 e. The summed E-state index contributed by atoms with van der Waals surface area (Å²) in [6.45, 7) is 2.34. The van der Waals surface area contributed by atoms with E-state index in [2.05, 4.69) is 21.6 Å². The number of amides is 1. The Morgan fingerprint density at radius 2 is 2.12 bits per heavy atom. The lowest BCUT2D eigenvalue weighted by Gasteiger charge is -2.16. The van der Waals surface area contributed by atoms with Gasteiger partial charge in [0.1, 0.15) is 18.2 Å². The Balaban J connectivity index is 1.48. The molecule has 1 aliphatic heterocycles. The lowest BCUT2D eigenvalue weighted by molar-refractivity contribution is 0.0921. The van der Waals surface area contributed by atoms with Gasteiger partial charge in [-0.2, -0.15) is 0 Å². The molecule has 0 fully saturated rings. The van der Waals surface area contributed by atoms with Gasteiger partial charge >= 0.3 is 0 Å². The largest absolute Gasteiger partial charge is 0.491 e. The normalized spacial score (nSPS) is 17.0. The molecule has 1 atom stereocenters. The highest BCUT2D eigenvalue weighted by Gasteiger charge is 2.19. The average Bonchev–Trinajstić information content (AvgIpc) is 2.85. The maximum Gasteiger partial charge on any atom is 0.253 e. The van der Waals surface area contributed by atoms with Crippen LogP contribution in [0, 0.1) is 6.92 Å². The maximum atomic E-state index is 12.6. The average molecular weight is 322 g/mol. The first kappa shape index (κ1) is 14.7. The van der Waals surface area contributed by atoms with E-state index in [1.165, 1.54) is 5.56 Å². The summed E-state index contributed by atoms with van der Waals surface area (Å²) in [6.07, 6.45) is 3.52. The number of hydrogen-bond acceptors (Lipinski definition) is 4. The SMILES string of the molecule is Cc1nnc2ccc(C(=O)NC3CCc4ccccc4OC3)cn12. The van der Waals surface area contributed by atoms with Crippen LogP contribution in [0.4, 0.5) is 0 Å². The van der Waals surface area contributed by atoms with Crippen LogP contribution in [-0.2, 0) is 6.42 Å². The third-order valence-corrected chi connectivity index (χ3v) is 4.34. The van der Waals surface area contributed by atoms with E-state index >= 15 is 0 Å². The number of fused-ring (bicyclic) bond motifs is 2. The van der Waals surface area contributed by atoms with Gasteiger partial charge in [0.25, 0.3) is 5.91 Å². The first-order valence-corrected chi connectivity index (χ1v) is 8.03. The van der Waals surface area contributed by atoms with Crippen molar-refractivity contribution in [1.29, 1.82) is 0 Å². The Morgan fingerprint density at radius 1 is 1.25 bits per heavy atom. The van der Waals surface area contributed by atoms with Gasteiger partial charge in [0.05, 0.1) is 11.6 Å². The molecule has 0 spiro atoms. The third-order valence-electron chi connectivity index (χ3n) is 4.34. The number of carbonyl (C=O) groups excluding carboxylic acids is 1. The van der Waals surface area contributed by atoms with Crippen LogP contribution in [0.1, 0.15) is 28.2 Å². The van der Waals surface area contributed by atoms with Gasteiger partial charge in [0.15, 0.2) is 5.65 Å². The zero-order valence-corrected chi connectivity index (χ0v) is 13.4. The van der Waals surface area contributed by atoms with E-state index in [-0.39, 0.29) is 11.9 Å². The number of aryl methyl sites for hydroxylation is 2. The van der Waals surface area contributed by atoms with Crippen molar-refractivity contribution >= 4 is 11.6 Å². The topological polar surface area (TPSA) is 68.5 Å². The van der Waals surface area contributed by atoms with Crippen LogP contribution in [0.15, 0.2) is 42.6 Å². The highest BCUT2D eigenvalue weighted by molar-refractivity contribution is 5.94. The van der Waals surface area contributed by atoms with Crippen molar-refractivity contribution in [1.82, 2.24) is 19.9 Å². The molecule has 0 aliphatic carbocycles. The standard InChI is InChI=1S/C18H18N4O2/c1-12-20-21-17-9-7-14(10-22(12)17)18(23)19-15-8-6-13-4-2-3-5-16(13)24-11-15/h2-5,7,9-10,15H,6,8,11H2,1H3,(H,19,23). The minimum absolute atomic E-state index is 0.0115. The van der Waals surface area contributed by atoms with Crippen LogP contribution in [0.5, 0.6) is 5.75 Å². The first-order valence-electron chi connectivity index (χ1n) is 8.03. The number of nitrogens with zero attached hydrogens (tertiary/aromatic N) is 3. The quantitative estimate of drug-likeness (QED) is 0.785. The number of aromatic nitrogens is 3. The molecule has 1 amide bonds. The Kier molecular flexibility index (Phi) is 3.65. The number of benzene rings is 1. The molecule has 6 heteroatoms. The Hall–Kier alpha value is -2.89. The number of para-hydroxylation sites is 1. The molecular formula is C18H18N4O2. The van der Waals surface area contributed by atoms with Crippen LogP contribution in [0.3, 0.4) is 0 Å². The Bertz CT molecular complexity index is 876. The number of hydrogen-bond donors (Lipinski definition) is 1. The monoisotopic (exact) mass is 322 g/mol. The molecule has 0 radical (unpaired) electrons. The molecule has 0 bridgehead atoms. The molecule has 1 unspecified atom stereocenters. The van der Waals surface area contributed by atoms with Crippen molar-refractivity contribution in [2.75, 3.05) is 6.61 Å². The van der Waals surface area contributed by atoms with Gasteiger partial charge in [-0.25, -0.2) is 0 Å². The molecule has 2 aromatic heterocycles. The summed E-state index contributed by atoms with van der Waals surface area (Å²) in [5, 5.41) is 11.1. The molecular weight excluding hydrogens is 304 g/mol. The number of nitrogens with one attached hydrogen (secondary N) is 1. The van der Waals surface area contributed by atoms with Gasteiger partial charge in [-0.1, -0.05) is 18.2 Å². The van der Waals surface area contributed by atoms with E-state index in [4.69, 9.17) is 4.74 Å². The zero-order chi connectivity index (χ0) is 16.5. The molecule has 24 heavy (non-hydrogen) atoms. The maximum absolute atomic E-state index is 12.6. The second-order valence-electron chi connectivity index (χ2n) is 6.02. The number of ether oxygens (including phenoxy) is 1. The van der Waals surface area contributed by atoms with Crippen molar-refractivity contribution in [2.45, 2.75) is 25.8 Å².